The van der Waals surface area contributed by atoms with Gasteiger partial charge in [0, 0.05) is 0 Å². The van der Waals surface area contributed by atoms with E-state index in [1.807, 2.05) is 0 Å². The van der Waals surface area contributed by atoms with Crippen molar-refractivity contribution in [3.8, 4) is 0 Å². The zero-order valence-electron chi connectivity index (χ0n) is 6.07. The summed E-state index contributed by atoms with van der Waals surface area (Å²) in [5.41, 5.74) is 10.5. The summed E-state index contributed by atoms with van der Waals surface area (Å²) in [6.45, 7) is 1.61. The van der Waals surface area contributed by atoms with Crippen LogP contribution in [0.15, 0.2) is 0 Å². The predicted molar refractivity (Wildman–Crippen MR) is 32.0 cm³/mol. The first kappa shape index (κ1) is 16.7. The van der Waals surface area contributed by atoms with Gasteiger partial charge in [-0.05, 0) is 25.9 Å². The van der Waals surface area contributed by atoms with Crippen LogP contribution in [0.3, 0.4) is 0 Å². The molecule has 0 unspecified atom stereocenters. The predicted octanol–water partition coefficient (Wildman–Crippen LogP) is -5.92. The van der Waals surface area contributed by atoms with Gasteiger partial charge >= 0.3 is 29.6 Å². The second-order valence-corrected chi connectivity index (χ2v) is 1.64. The third-order valence-electron chi connectivity index (χ3n) is 0.908. The summed E-state index contributed by atoms with van der Waals surface area (Å²) in [6, 6.07) is 0. The maximum Gasteiger partial charge on any atom is 1.00 e. The van der Waals surface area contributed by atoms with Gasteiger partial charge in [0.15, 0.2) is 0 Å². The molecular formula is C5H14ClN2Na. The van der Waals surface area contributed by atoms with Gasteiger partial charge in [-0.1, -0.05) is 6.42 Å². The molecule has 0 amide bonds. The van der Waals surface area contributed by atoms with E-state index in [1.54, 1.807) is 0 Å². The van der Waals surface area contributed by atoms with Crippen molar-refractivity contribution in [2.45, 2.75) is 19.3 Å². The molecular weight excluding hydrogens is 147 g/mol. The molecule has 0 aromatic rings. The van der Waals surface area contributed by atoms with Crippen LogP contribution < -0.4 is 53.4 Å². The first-order chi connectivity index (χ1) is 3.41. The van der Waals surface area contributed by atoms with E-state index >= 15 is 0 Å². The average molecular weight is 161 g/mol. The molecule has 0 radical (unpaired) electrons. The molecule has 4 heteroatoms. The molecule has 0 aliphatic rings. The molecule has 2 nitrogen and oxygen atoms in total. The molecule has 0 aromatic carbocycles. The molecule has 0 atom stereocenters. The van der Waals surface area contributed by atoms with Crippen molar-refractivity contribution < 1.29 is 42.0 Å². The van der Waals surface area contributed by atoms with Crippen molar-refractivity contribution >= 4 is 0 Å². The topological polar surface area (TPSA) is 52.0 Å². The number of hydrogen-bond donors (Lipinski definition) is 2. The van der Waals surface area contributed by atoms with Gasteiger partial charge < -0.3 is 23.9 Å². The number of halogens is 1. The quantitative estimate of drug-likeness (QED) is 0.318. The Labute approximate surface area is 85.4 Å². The third kappa shape index (κ3) is 17.6. The van der Waals surface area contributed by atoms with Gasteiger partial charge in [0.1, 0.15) is 0 Å². The van der Waals surface area contributed by atoms with E-state index in [0.717, 1.165) is 25.9 Å². The van der Waals surface area contributed by atoms with Crippen LogP contribution in [-0.2, 0) is 0 Å². The Hall–Kier alpha value is 1.21. The molecule has 0 spiro atoms. The Morgan fingerprint density at radius 1 is 0.778 bits per heavy atom. The Balaban J connectivity index is -0.000000180. The molecule has 0 saturated heterocycles. The minimum atomic E-state index is 0. The van der Waals surface area contributed by atoms with E-state index < -0.39 is 0 Å². The van der Waals surface area contributed by atoms with Crippen molar-refractivity contribution in [1.29, 1.82) is 0 Å². The van der Waals surface area contributed by atoms with Gasteiger partial charge in [-0.2, -0.15) is 0 Å². The standard InChI is InChI=1S/C5H14N2.ClH.Na/c6-4-2-1-3-5-7;;/h1-7H2;1H;/q;;+1/p-1. The van der Waals surface area contributed by atoms with E-state index in [-0.39, 0.29) is 42.0 Å². The molecule has 52 valence electrons. The fourth-order valence-electron chi connectivity index (χ4n) is 0.465. The maximum atomic E-state index is 5.23. The summed E-state index contributed by atoms with van der Waals surface area (Å²) >= 11 is 0. The normalized spacial score (nSPS) is 7.33. The summed E-state index contributed by atoms with van der Waals surface area (Å²) in [5, 5.41) is 0. The molecule has 0 aromatic heterocycles. The fourth-order valence-corrected chi connectivity index (χ4v) is 0.465. The Bertz CT molecular complexity index is 34.1. The van der Waals surface area contributed by atoms with E-state index in [9.17, 15) is 0 Å². The molecule has 0 aliphatic heterocycles. The fraction of sp³-hybridized carbons (Fsp3) is 1.00. The molecule has 0 rings (SSSR count). The summed E-state index contributed by atoms with van der Waals surface area (Å²) in [5.74, 6) is 0. The first-order valence-corrected chi connectivity index (χ1v) is 2.82. The summed E-state index contributed by atoms with van der Waals surface area (Å²) in [7, 11) is 0. The molecule has 0 heterocycles. The minimum absolute atomic E-state index is 0. The van der Waals surface area contributed by atoms with Gasteiger partial charge in [0.25, 0.3) is 0 Å². The second-order valence-electron chi connectivity index (χ2n) is 1.64. The monoisotopic (exact) mass is 160 g/mol. The van der Waals surface area contributed by atoms with Gasteiger partial charge in [-0.25, -0.2) is 0 Å². The van der Waals surface area contributed by atoms with Crippen LogP contribution >= 0.6 is 0 Å². The Kier molecular flexibility index (Phi) is 29.8. The maximum absolute atomic E-state index is 5.23. The molecule has 0 fully saturated rings. The zero-order valence-corrected chi connectivity index (χ0v) is 8.82. The Morgan fingerprint density at radius 3 is 1.33 bits per heavy atom. The third-order valence-corrected chi connectivity index (χ3v) is 0.908. The molecule has 0 bridgehead atoms. The van der Waals surface area contributed by atoms with Crippen molar-refractivity contribution in [2.75, 3.05) is 13.1 Å². The van der Waals surface area contributed by atoms with Gasteiger partial charge in [0.05, 0.1) is 0 Å². The largest absolute Gasteiger partial charge is 1.00 e. The van der Waals surface area contributed by atoms with E-state index in [2.05, 4.69) is 0 Å². The van der Waals surface area contributed by atoms with Crippen LogP contribution in [-0.4, -0.2) is 13.1 Å². The number of hydrogen-bond acceptors (Lipinski definition) is 2. The SMILES string of the molecule is NCCCCCN.[Cl-].[Na+]. The van der Waals surface area contributed by atoms with E-state index in [4.69, 9.17) is 11.5 Å². The molecule has 9 heavy (non-hydrogen) atoms. The van der Waals surface area contributed by atoms with Crippen molar-refractivity contribution in [2.24, 2.45) is 11.5 Å². The summed E-state index contributed by atoms with van der Waals surface area (Å²) < 4.78 is 0. The van der Waals surface area contributed by atoms with Crippen LogP contribution in [0.5, 0.6) is 0 Å². The first-order valence-electron chi connectivity index (χ1n) is 2.82. The van der Waals surface area contributed by atoms with Crippen LogP contribution in [0, 0.1) is 0 Å². The van der Waals surface area contributed by atoms with Crippen molar-refractivity contribution in [3.05, 3.63) is 0 Å². The van der Waals surface area contributed by atoms with Gasteiger partial charge in [-0.3, -0.25) is 0 Å². The zero-order chi connectivity index (χ0) is 5.54. The average Bonchev–Trinajstić information content (AvgIpc) is 1.69. The minimum Gasteiger partial charge on any atom is -1.00 e. The smallest absolute Gasteiger partial charge is 1.00 e. The summed E-state index contributed by atoms with van der Waals surface area (Å²) in [4.78, 5) is 0. The molecule has 0 saturated carbocycles. The molecule has 4 N–H and O–H groups in total. The second kappa shape index (κ2) is 16.1. The van der Waals surface area contributed by atoms with E-state index in [1.165, 1.54) is 6.42 Å². The van der Waals surface area contributed by atoms with Crippen molar-refractivity contribution in [1.82, 2.24) is 0 Å². The van der Waals surface area contributed by atoms with Gasteiger partial charge in [-0.15, -0.1) is 0 Å². The summed E-state index contributed by atoms with van der Waals surface area (Å²) in [6.07, 6.45) is 3.43. The van der Waals surface area contributed by atoms with Crippen LogP contribution in [0.25, 0.3) is 0 Å². The molecule has 0 aliphatic carbocycles. The van der Waals surface area contributed by atoms with Crippen LogP contribution in [0.1, 0.15) is 19.3 Å². The van der Waals surface area contributed by atoms with Crippen LogP contribution in [0.4, 0.5) is 0 Å². The number of rotatable bonds is 4. The van der Waals surface area contributed by atoms with E-state index in [0.29, 0.717) is 0 Å². The van der Waals surface area contributed by atoms with Crippen molar-refractivity contribution in [3.63, 3.8) is 0 Å². The number of unbranched alkanes of at least 4 members (excludes halogenated alkanes) is 2. The Morgan fingerprint density at radius 2 is 1.11 bits per heavy atom. The van der Waals surface area contributed by atoms with Gasteiger partial charge in [0.2, 0.25) is 0 Å². The van der Waals surface area contributed by atoms with Crippen LogP contribution in [0.2, 0.25) is 0 Å². The number of nitrogens with two attached hydrogens (primary N) is 2.